The minimum absolute atomic E-state index is 0.0617. The number of nitrogens with zero attached hydrogens (tertiary/aromatic N) is 1. The van der Waals surface area contributed by atoms with Gasteiger partial charge in [0.25, 0.3) is 0 Å². The van der Waals surface area contributed by atoms with E-state index in [1.807, 2.05) is 19.2 Å². The third-order valence-corrected chi connectivity index (χ3v) is 3.22. The lowest BCUT2D eigenvalue weighted by molar-refractivity contribution is 0.469. The molecule has 96 valence electrons. The van der Waals surface area contributed by atoms with E-state index >= 15 is 0 Å². The molecule has 0 spiro atoms. The summed E-state index contributed by atoms with van der Waals surface area (Å²) in [5, 5.41) is 3.36. The lowest BCUT2D eigenvalue weighted by Gasteiger charge is -2.31. The second-order valence-electron chi connectivity index (χ2n) is 6.32. The molecule has 1 aromatic rings. The smallest absolute Gasteiger partial charge is 0.126 e. The van der Waals surface area contributed by atoms with Crippen LogP contribution in [-0.4, -0.2) is 16.6 Å². The van der Waals surface area contributed by atoms with Crippen molar-refractivity contribution in [2.75, 3.05) is 5.32 Å². The van der Waals surface area contributed by atoms with Crippen molar-refractivity contribution >= 4 is 5.82 Å². The molecular weight excluding hydrogens is 210 g/mol. The minimum atomic E-state index is -0.156. The number of pyridine rings is 1. The topological polar surface area (TPSA) is 50.9 Å². The number of nitrogens with one attached hydrogen (secondary N) is 1. The van der Waals surface area contributed by atoms with Gasteiger partial charge in [0, 0.05) is 17.8 Å². The molecule has 0 fully saturated rings. The largest absolute Gasteiger partial charge is 0.364 e. The highest BCUT2D eigenvalue weighted by Crippen LogP contribution is 2.23. The highest BCUT2D eigenvalue weighted by Gasteiger charge is 2.23. The van der Waals surface area contributed by atoms with E-state index in [4.69, 9.17) is 5.73 Å². The predicted octanol–water partition coefficient (Wildman–Crippen LogP) is 2.92. The lowest BCUT2D eigenvalue weighted by Crippen LogP contribution is -2.47. The molecule has 1 atom stereocenters. The molecule has 3 N–H and O–H groups in total. The first-order valence-corrected chi connectivity index (χ1v) is 6.13. The van der Waals surface area contributed by atoms with Crippen LogP contribution in [0.5, 0.6) is 0 Å². The molecule has 0 bridgehead atoms. The van der Waals surface area contributed by atoms with E-state index in [2.05, 4.69) is 51.0 Å². The molecule has 0 saturated heterocycles. The van der Waals surface area contributed by atoms with Gasteiger partial charge in [-0.05, 0) is 37.8 Å². The van der Waals surface area contributed by atoms with Gasteiger partial charge in [0.2, 0.25) is 0 Å². The predicted molar refractivity (Wildman–Crippen MR) is 74.3 cm³/mol. The van der Waals surface area contributed by atoms with E-state index in [-0.39, 0.29) is 17.0 Å². The molecule has 17 heavy (non-hydrogen) atoms. The molecule has 0 radical (unpaired) electrons. The van der Waals surface area contributed by atoms with Gasteiger partial charge in [-0.3, -0.25) is 0 Å². The Morgan fingerprint density at radius 3 is 2.12 bits per heavy atom. The molecule has 1 aromatic heterocycles. The van der Waals surface area contributed by atoms with E-state index in [1.165, 1.54) is 5.56 Å². The molecule has 1 rings (SSSR count). The molecule has 0 aromatic carbocycles. The quantitative estimate of drug-likeness (QED) is 0.847. The Bertz CT molecular complexity index is 358. The van der Waals surface area contributed by atoms with Crippen LogP contribution in [0.2, 0.25) is 0 Å². The second-order valence-corrected chi connectivity index (χ2v) is 6.32. The summed E-state index contributed by atoms with van der Waals surface area (Å²) in [6.45, 7) is 12.7. The van der Waals surface area contributed by atoms with Crippen molar-refractivity contribution in [1.82, 2.24) is 4.98 Å². The third-order valence-electron chi connectivity index (χ3n) is 3.22. The zero-order valence-corrected chi connectivity index (χ0v) is 11.8. The van der Waals surface area contributed by atoms with Gasteiger partial charge >= 0.3 is 0 Å². The molecule has 3 heteroatoms. The Balaban J connectivity index is 2.83. The molecular formula is C14H25N3. The van der Waals surface area contributed by atoms with Gasteiger partial charge in [-0.2, -0.15) is 0 Å². The van der Waals surface area contributed by atoms with Gasteiger partial charge < -0.3 is 11.1 Å². The molecule has 1 heterocycles. The number of anilines is 1. The van der Waals surface area contributed by atoms with Gasteiger partial charge in [-0.1, -0.05) is 26.8 Å². The van der Waals surface area contributed by atoms with Gasteiger partial charge in [0.1, 0.15) is 5.82 Å². The fourth-order valence-electron chi connectivity index (χ4n) is 1.36. The van der Waals surface area contributed by atoms with Crippen LogP contribution in [0, 0.1) is 0 Å². The number of rotatable bonds is 3. The summed E-state index contributed by atoms with van der Waals surface area (Å²) in [6.07, 6.45) is 1.93. The molecule has 1 unspecified atom stereocenters. The maximum atomic E-state index is 5.93. The maximum absolute atomic E-state index is 5.93. The summed E-state index contributed by atoms with van der Waals surface area (Å²) < 4.78 is 0. The number of hydrogen-bond acceptors (Lipinski definition) is 3. The van der Waals surface area contributed by atoms with Crippen molar-refractivity contribution in [1.29, 1.82) is 0 Å². The second kappa shape index (κ2) is 4.65. The minimum Gasteiger partial charge on any atom is -0.364 e. The Hall–Kier alpha value is -1.09. The van der Waals surface area contributed by atoms with Gasteiger partial charge in [-0.15, -0.1) is 0 Å². The Morgan fingerprint density at radius 2 is 1.76 bits per heavy atom. The SMILES string of the molecule is CC(N)C(C)(C)Nc1ccc(C(C)(C)C)cn1. The molecule has 0 saturated carbocycles. The fourth-order valence-corrected chi connectivity index (χ4v) is 1.36. The first-order chi connectivity index (χ1) is 7.63. The van der Waals surface area contributed by atoms with Crippen LogP contribution in [0.4, 0.5) is 5.82 Å². The van der Waals surface area contributed by atoms with Crippen molar-refractivity contribution < 1.29 is 0 Å². The van der Waals surface area contributed by atoms with Crippen molar-refractivity contribution in [3.63, 3.8) is 0 Å². The lowest BCUT2D eigenvalue weighted by atomic mass is 9.88. The maximum Gasteiger partial charge on any atom is 0.126 e. The van der Waals surface area contributed by atoms with Crippen LogP contribution in [0.15, 0.2) is 18.3 Å². The van der Waals surface area contributed by atoms with E-state index < -0.39 is 0 Å². The Morgan fingerprint density at radius 1 is 1.18 bits per heavy atom. The van der Waals surface area contributed by atoms with Crippen LogP contribution >= 0.6 is 0 Å². The van der Waals surface area contributed by atoms with Crippen molar-refractivity contribution in [2.45, 2.75) is 58.5 Å². The van der Waals surface area contributed by atoms with Crippen molar-refractivity contribution in [3.05, 3.63) is 23.9 Å². The summed E-state index contributed by atoms with van der Waals surface area (Å²) in [4.78, 5) is 4.45. The van der Waals surface area contributed by atoms with E-state index in [0.717, 1.165) is 5.82 Å². The van der Waals surface area contributed by atoms with Crippen LogP contribution in [0.25, 0.3) is 0 Å². The zero-order valence-electron chi connectivity index (χ0n) is 11.8. The summed E-state index contributed by atoms with van der Waals surface area (Å²) in [6, 6.07) is 4.20. The molecule has 0 aliphatic rings. The fraction of sp³-hybridized carbons (Fsp3) is 0.643. The Kier molecular flexibility index (Phi) is 3.82. The molecule has 0 amide bonds. The highest BCUT2D eigenvalue weighted by molar-refractivity contribution is 5.40. The van der Waals surface area contributed by atoms with Crippen LogP contribution < -0.4 is 11.1 Å². The van der Waals surface area contributed by atoms with Crippen LogP contribution in [0.3, 0.4) is 0 Å². The molecule has 3 nitrogen and oxygen atoms in total. The highest BCUT2D eigenvalue weighted by atomic mass is 15.1. The van der Waals surface area contributed by atoms with Gasteiger partial charge in [0.15, 0.2) is 0 Å². The first-order valence-electron chi connectivity index (χ1n) is 6.13. The van der Waals surface area contributed by atoms with Crippen LogP contribution in [0.1, 0.15) is 47.1 Å². The Labute approximate surface area is 105 Å². The molecule has 0 aliphatic carbocycles. The number of hydrogen-bond donors (Lipinski definition) is 2. The number of nitrogens with two attached hydrogens (primary N) is 1. The zero-order chi connectivity index (χ0) is 13.3. The van der Waals surface area contributed by atoms with Gasteiger partial charge in [0.05, 0.1) is 0 Å². The average molecular weight is 235 g/mol. The summed E-state index contributed by atoms with van der Waals surface area (Å²) in [5.41, 5.74) is 7.15. The van der Waals surface area contributed by atoms with Crippen molar-refractivity contribution in [3.8, 4) is 0 Å². The summed E-state index contributed by atoms with van der Waals surface area (Å²) in [5.74, 6) is 0.875. The van der Waals surface area contributed by atoms with Gasteiger partial charge in [-0.25, -0.2) is 4.98 Å². The van der Waals surface area contributed by atoms with E-state index in [9.17, 15) is 0 Å². The molecule has 0 aliphatic heterocycles. The van der Waals surface area contributed by atoms with Crippen LogP contribution in [-0.2, 0) is 5.41 Å². The van der Waals surface area contributed by atoms with E-state index in [1.54, 1.807) is 0 Å². The average Bonchev–Trinajstić information content (AvgIpc) is 2.16. The summed E-state index contributed by atoms with van der Waals surface area (Å²) in [7, 11) is 0. The standard InChI is InChI=1S/C14H25N3/c1-10(15)14(5,6)17-12-8-7-11(9-16-12)13(2,3)4/h7-10H,15H2,1-6H3,(H,16,17). The normalized spacial score (nSPS) is 14.5. The number of aromatic nitrogens is 1. The third kappa shape index (κ3) is 3.70. The monoisotopic (exact) mass is 235 g/mol. The summed E-state index contributed by atoms with van der Waals surface area (Å²) >= 11 is 0. The van der Waals surface area contributed by atoms with Crippen molar-refractivity contribution in [2.24, 2.45) is 5.73 Å². The first kappa shape index (κ1) is 14.0. The van der Waals surface area contributed by atoms with E-state index in [0.29, 0.717) is 0 Å².